The minimum atomic E-state index is -0.495. The summed E-state index contributed by atoms with van der Waals surface area (Å²) in [5.41, 5.74) is 5.59. The number of carbonyl (C=O) groups excluding carboxylic acids is 1. The normalized spacial score (nSPS) is 23.2. The van der Waals surface area contributed by atoms with Crippen LogP contribution in [-0.4, -0.2) is 23.3 Å². The van der Waals surface area contributed by atoms with Gasteiger partial charge in [-0.25, -0.2) is 4.79 Å². The fourth-order valence-corrected chi connectivity index (χ4v) is 4.99. The van der Waals surface area contributed by atoms with Gasteiger partial charge in [0.25, 0.3) is 0 Å². The molecule has 0 aliphatic heterocycles. The second-order valence-electron chi connectivity index (χ2n) is 9.03. The minimum Gasteiger partial charge on any atom is -0.459 e. The van der Waals surface area contributed by atoms with Gasteiger partial charge in [-0.2, -0.15) is 0 Å². The number of ether oxygens (including phenoxy) is 1. The first-order chi connectivity index (χ1) is 15.8. The Balaban J connectivity index is 1.61. The Labute approximate surface area is 194 Å². The summed E-state index contributed by atoms with van der Waals surface area (Å²) < 4.78 is 5.23. The first kappa shape index (κ1) is 22.7. The van der Waals surface area contributed by atoms with Crippen LogP contribution in [0.2, 0.25) is 0 Å². The molecule has 0 saturated heterocycles. The predicted octanol–water partition coefficient (Wildman–Crippen LogP) is 5.39. The van der Waals surface area contributed by atoms with Gasteiger partial charge in [0.2, 0.25) is 5.56 Å². The lowest BCUT2D eigenvalue weighted by Gasteiger charge is -2.45. The number of fused-ring (bicyclic) bond motifs is 4. The molecule has 0 spiro atoms. The van der Waals surface area contributed by atoms with Crippen molar-refractivity contribution in [2.75, 3.05) is 0 Å². The van der Waals surface area contributed by atoms with Crippen LogP contribution in [0.1, 0.15) is 61.3 Å². The molecule has 2 bridgehead atoms. The second-order valence-corrected chi connectivity index (χ2v) is 9.03. The second kappa shape index (κ2) is 9.18. The molecule has 5 heteroatoms. The first-order valence-corrected chi connectivity index (χ1v) is 11.4. The Bertz CT molecular complexity index is 1230. The van der Waals surface area contributed by atoms with Crippen LogP contribution in [0.5, 0.6) is 0 Å². The quantitative estimate of drug-likeness (QED) is 0.383. The zero-order chi connectivity index (χ0) is 23.6. The monoisotopic (exact) mass is 442 g/mol. The number of esters is 1. The number of pyridine rings is 1. The Morgan fingerprint density at radius 1 is 1.21 bits per heavy atom. The summed E-state index contributed by atoms with van der Waals surface area (Å²) in [5, 5.41) is 0. The van der Waals surface area contributed by atoms with Gasteiger partial charge < -0.3 is 9.72 Å². The number of nitrogens with one attached hydrogen (secondary N) is 1. The van der Waals surface area contributed by atoms with Crippen molar-refractivity contribution in [2.45, 2.75) is 52.2 Å². The average Bonchev–Trinajstić information content (AvgIpc) is 2.76. The highest BCUT2D eigenvalue weighted by Gasteiger charge is 2.46. The van der Waals surface area contributed by atoms with Crippen molar-refractivity contribution in [1.82, 2.24) is 4.98 Å². The molecule has 0 unspecified atom stereocenters. The molecule has 1 N–H and O–H groups in total. The van der Waals surface area contributed by atoms with Crippen molar-refractivity contribution in [3.8, 4) is 0 Å². The molecule has 2 aliphatic carbocycles. The third-order valence-electron chi connectivity index (χ3n) is 6.24. The third-order valence-corrected chi connectivity index (χ3v) is 6.24. The van der Waals surface area contributed by atoms with E-state index in [1.165, 1.54) is 11.1 Å². The summed E-state index contributed by atoms with van der Waals surface area (Å²) >= 11 is 0. The number of aliphatic imine (C=N–C) groups is 1. The molecule has 5 nitrogen and oxygen atoms in total. The van der Waals surface area contributed by atoms with E-state index in [2.05, 4.69) is 31.0 Å². The summed E-state index contributed by atoms with van der Waals surface area (Å²) in [6.45, 7) is 7.89. The number of H-pyrrole nitrogens is 1. The zero-order valence-corrected chi connectivity index (χ0v) is 19.6. The van der Waals surface area contributed by atoms with Crippen molar-refractivity contribution in [1.29, 1.82) is 0 Å². The minimum absolute atomic E-state index is 0.0730. The molecule has 2 aromatic rings. The summed E-state index contributed by atoms with van der Waals surface area (Å²) in [6.07, 6.45) is 11.7. The number of aromatic amines is 1. The molecule has 170 valence electrons. The number of nitrogens with zero attached hydrogens (tertiary/aromatic N) is 1. The van der Waals surface area contributed by atoms with Gasteiger partial charge in [0.1, 0.15) is 5.54 Å². The number of benzene rings is 1. The number of allylic oxidation sites excluding steroid dienone is 3. The molecule has 0 radical (unpaired) electrons. The van der Waals surface area contributed by atoms with E-state index in [4.69, 9.17) is 9.73 Å². The topological polar surface area (TPSA) is 71.5 Å². The van der Waals surface area contributed by atoms with E-state index in [9.17, 15) is 9.59 Å². The molecule has 0 saturated carbocycles. The van der Waals surface area contributed by atoms with Crippen molar-refractivity contribution < 1.29 is 9.53 Å². The maximum Gasteiger partial charge on any atom is 0.338 e. The molecule has 0 fully saturated rings. The highest BCUT2D eigenvalue weighted by molar-refractivity contribution is 5.90. The van der Waals surface area contributed by atoms with E-state index in [0.717, 1.165) is 29.7 Å². The maximum absolute atomic E-state index is 12.0. The Hall–Kier alpha value is -3.47. The molecule has 1 heterocycles. The summed E-state index contributed by atoms with van der Waals surface area (Å²) in [4.78, 5) is 32.1. The first-order valence-electron chi connectivity index (χ1n) is 11.4. The highest BCUT2D eigenvalue weighted by atomic mass is 16.5. The molecule has 2 aliphatic rings. The van der Waals surface area contributed by atoms with Crippen LogP contribution in [0, 0.1) is 5.92 Å². The maximum atomic E-state index is 12.0. The standard InChI is InChI=1S/C28H30N2O3/c1-5-23-22-15-19(4)17-28(23,24-12-13-26(31)30-25(24)16-22)29-14-6-7-20-8-10-21(11-9-20)27(32)33-18(2)3/h5-15,18,22H,16-17H2,1-4H3,(H,30,31)/b7-6+,23-5+,29-14+/t22-,28+/m0/s1. The predicted molar refractivity (Wildman–Crippen MR) is 133 cm³/mol. The van der Waals surface area contributed by atoms with Gasteiger partial charge in [-0.3, -0.25) is 9.79 Å². The molecular formula is C28H30N2O3. The van der Waals surface area contributed by atoms with Crippen LogP contribution in [0.25, 0.3) is 6.08 Å². The Morgan fingerprint density at radius 2 is 1.97 bits per heavy atom. The fraction of sp³-hybridized carbons (Fsp3) is 0.321. The SMILES string of the molecule is C/C=C1\[C@H]2C=C(C)C[C@]1(/N=C/C=C/c1ccc(C(=O)OC(C)C)cc1)c1ccc(=O)[nH]c1C2. The van der Waals surface area contributed by atoms with Crippen LogP contribution in [0.4, 0.5) is 0 Å². The van der Waals surface area contributed by atoms with E-state index < -0.39 is 5.54 Å². The molecule has 1 aromatic carbocycles. The lowest BCUT2D eigenvalue weighted by atomic mass is 9.63. The van der Waals surface area contributed by atoms with Crippen molar-refractivity contribution in [3.63, 3.8) is 0 Å². The van der Waals surface area contributed by atoms with Crippen LogP contribution in [-0.2, 0) is 16.7 Å². The van der Waals surface area contributed by atoms with Gasteiger partial charge >= 0.3 is 5.97 Å². The highest BCUT2D eigenvalue weighted by Crippen LogP contribution is 2.51. The van der Waals surface area contributed by atoms with Crippen LogP contribution in [0.3, 0.4) is 0 Å². The number of carbonyl (C=O) groups is 1. The summed E-state index contributed by atoms with van der Waals surface area (Å²) in [5.74, 6) is -0.0714. The van der Waals surface area contributed by atoms with E-state index in [1.54, 1.807) is 18.2 Å². The summed E-state index contributed by atoms with van der Waals surface area (Å²) in [6, 6.07) is 10.8. The number of aromatic nitrogens is 1. The lowest BCUT2D eigenvalue weighted by Crippen LogP contribution is -2.40. The van der Waals surface area contributed by atoms with Gasteiger partial charge in [-0.15, -0.1) is 0 Å². The van der Waals surface area contributed by atoms with Crippen LogP contribution in [0.15, 0.2) is 75.6 Å². The van der Waals surface area contributed by atoms with E-state index >= 15 is 0 Å². The smallest absolute Gasteiger partial charge is 0.338 e. The number of hydrogen-bond donors (Lipinski definition) is 1. The van der Waals surface area contributed by atoms with Crippen molar-refractivity contribution in [2.24, 2.45) is 10.9 Å². The van der Waals surface area contributed by atoms with E-state index in [-0.39, 0.29) is 23.6 Å². The van der Waals surface area contributed by atoms with Gasteiger partial charge in [0.15, 0.2) is 0 Å². The van der Waals surface area contributed by atoms with Crippen molar-refractivity contribution >= 4 is 18.3 Å². The number of hydrogen-bond acceptors (Lipinski definition) is 4. The molecule has 4 rings (SSSR count). The van der Waals surface area contributed by atoms with Gasteiger partial charge in [0.05, 0.1) is 11.7 Å². The van der Waals surface area contributed by atoms with Gasteiger partial charge in [-0.05, 0) is 69.5 Å². The molecule has 33 heavy (non-hydrogen) atoms. The zero-order valence-electron chi connectivity index (χ0n) is 19.6. The molecule has 1 aromatic heterocycles. The largest absolute Gasteiger partial charge is 0.459 e. The van der Waals surface area contributed by atoms with E-state index in [1.807, 2.05) is 50.4 Å². The van der Waals surface area contributed by atoms with Gasteiger partial charge in [0, 0.05) is 35.9 Å². The fourth-order valence-electron chi connectivity index (χ4n) is 4.99. The molecule has 2 atom stereocenters. The molecular weight excluding hydrogens is 412 g/mol. The number of rotatable bonds is 5. The van der Waals surface area contributed by atoms with Crippen LogP contribution >= 0.6 is 0 Å². The lowest BCUT2D eigenvalue weighted by molar-refractivity contribution is 0.0378. The van der Waals surface area contributed by atoms with Crippen molar-refractivity contribution in [3.05, 3.63) is 98.5 Å². The third kappa shape index (κ3) is 4.54. The Kier molecular flexibility index (Phi) is 6.32. The Morgan fingerprint density at radius 3 is 2.67 bits per heavy atom. The summed E-state index contributed by atoms with van der Waals surface area (Å²) in [7, 11) is 0. The van der Waals surface area contributed by atoms with E-state index in [0.29, 0.717) is 5.56 Å². The van der Waals surface area contributed by atoms with Crippen LogP contribution < -0.4 is 5.56 Å². The van der Waals surface area contributed by atoms with Gasteiger partial charge in [-0.1, -0.05) is 35.9 Å². The average molecular weight is 443 g/mol. The molecule has 0 amide bonds.